The Labute approximate surface area is 167 Å². The highest BCUT2D eigenvalue weighted by molar-refractivity contribution is 8.07. The predicted molar refractivity (Wildman–Crippen MR) is 100 cm³/mol. The summed E-state index contributed by atoms with van der Waals surface area (Å²) in [5, 5.41) is 0. The predicted octanol–water partition coefficient (Wildman–Crippen LogP) is -0.917. The molecule has 2 rings (SSSR count). The first kappa shape index (κ1) is 23.7. The maximum atomic E-state index is 10.5. The molecule has 9 nitrogen and oxygen atoms in total. The number of hydrogen-bond donors (Lipinski definition) is 1. The molecule has 0 aromatic carbocycles. The van der Waals surface area contributed by atoms with Gasteiger partial charge in [0.05, 0.1) is 13.2 Å². The third kappa shape index (κ3) is 5.73. The first-order chi connectivity index (χ1) is 12.8. The quantitative estimate of drug-likeness (QED) is 0.352. The lowest BCUT2D eigenvalue weighted by Crippen LogP contribution is -2.39. The summed E-state index contributed by atoms with van der Waals surface area (Å²) in [6, 6.07) is -1.43. The summed E-state index contributed by atoms with van der Waals surface area (Å²) < 4.78 is 43.3. The number of ether oxygens (including phenoxy) is 6. The summed E-state index contributed by atoms with van der Waals surface area (Å²) in [5.74, 6) is 0. The summed E-state index contributed by atoms with van der Waals surface area (Å²) in [6.07, 6.45) is -3.47. The molecule has 152 valence electrons. The lowest BCUT2D eigenvalue weighted by Gasteiger charge is -2.28. The molecule has 9 atom stereocenters. The summed E-state index contributed by atoms with van der Waals surface area (Å²) >= 11 is 5.12. The Balaban J connectivity index is 1.98. The summed E-state index contributed by atoms with van der Waals surface area (Å²) in [5.41, 5.74) is 0. The Bertz CT molecular complexity index is 519. The average Bonchev–Trinajstić information content (AvgIpc) is 3.08. The second-order valence-corrected chi connectivity index (χ2v) is 8.96. The first-order valence-corrected chi connectivity index (χ1v) is 10.9. The fourth-order valence-corrected chi connectivity index (χ4v) is 4.69. The van der Waals surface area contributed by atoms with Gasteiger partial charge >= 0.3 is 6.72 Å². The molecule has 0 amide bonds. The van der Waals surface area contributed by atoms with E-state index in [1.807, 2.05) is 0 Å². The molecule has 2 aliphatic heterocycles. The van der Waals surface area contributed by atoms with Crippen molar-refractivity contribution in [3.63, 3.8) is 0 Å². The Morgan fingerprint density at radius 1 is 0.852 bits per heavy atom. The van der Waals surface area contributed by atoms with Gasteiger partial charge in [-0.25, -0.2) is 0 Å². The van der Waals surface area contributed by atoms with Crippen LogP contribution in [0.15, 0.2) is 0 Å². The zero-order valence-electron chi connectivity index (χ0n) is 15.8. The van der Waals surface area contributed by atoms with Crippen LogP contribution in [-0.4, -0.2) is 111 Å². The molecule has 27 heavy (non-hydrogen) atoms. The van der Waals surface area contributed by atoms with Crippen LogP contribution in [0.4, 0.5) is 0 Å². The van der Waals surface area contributed by atoms with Crippen LogP contribution in [0.3, 0.4) is 0 Å². The van der Waals surface area contributed by atoms with Crippen LogP contribution in [0.5, 0.6) is 0 Å². The lowest BCUT2D eigenvalue weighted by molar-refractivity contribution is -0.0451. The molecule has 13 heteroatoms. The molecule has 1 N–H and O–H groups in total. The van der Waals surface area contributed by atoms with E-state index < -0.39 is 55.3 Å². The Morgan fingerprint density at radius 3 is 1.81 bits per heavy atom. The van der Waals surface area contributed by atoms with E-state index in [9.17, 15) is 4.89 Å². The van der Waals surface area contributed by atoms with E-state index in [1.54, 1.807) is 0 Å². The van der Waals surface area contributed by atoms with Gasteiger partial charge in [0, 0.05) is 40.4 Å². The number of methoxy groups -OCH3 is 4. The molecular formula is C14H25B2O9PS. The second-order valence-electron chi connectivity index (χ2n) is 6.17. The van der Waals surface area contributed by atoms with Gasteiger partial charge in [0.1, 0.15) is 52.3 Å². The normalized spacial score (nSPS) is 41.7. The van der Waals surface area contributed by atoms with Crippen molar-refractivity contribution in [2.75, 3.05) is 41.7 Å². The standard InChI is InChI=1S/C14H25B2O9PS/c1-18-5-7-10(12(21-4)14(16)23-7)25-26(17,27)22-6-8-9(19-2)11(20-3)13(15)24-8/h7-14H,5-6H2,1-4H3,(H,17,27)/t7-,8?,9-,10-,11-,12-,13?,14-,26?/m1/s1. The number of rotatable bonds is 10. The van der Waals surface area contributed by atoms with Gasteiger partial charge in [-0.2, -0.15) is 0 Å². The van der Waals surface area contributed by atoms with Crippen molar-refractivity contribution in [3.05, 3.63) is 0 Å². The van der Waals surface area contributed by atoms with Crippen molar-refractivity contribution in [2.24, 2.45) is 0 Å². The monoisotopic (exact) mass is 422 g/mol. The molecule has 0 aliphatic carbocycles. The van der Waals surface area contributed by atoms with Crippen molar-refractivity contribution in [2.45, 2.75) is 48.6 Å². The smallest absolute Gasteiger partial charge is 0.325 e. The van der Waals surface area contributed by atoms with E-state index in [1.165, 1.54) is 28.4 Å². The summed E-state index contributed by atoms with van der Waals surface area (Å²) in [4.78, 5) is 10.5. The fraction of sp³-hybridized carbons (Fsp3) is 1.00. The molecule has 0 saturated carbocycles. The van der Waals surface area contributed by atoms with E-state index in [0.29, 0.717) is 0 Å². The first-order valence-electron chi connectivity index (χ1n) is 8.33. The van der Waals surface area contributed by atoms with Crippen LogP contribution >= 0.6 is 6.72 Å². The van der Waals surface area contributed by atoms with Crippen molar-refractivity contribution >= 4 is 34.2 Å². The molecular weight excluding hydrogens is 397 g/mol. The SMILES string of the molecule is [B]C1OC(COP(O)(=S)O[C@H]2[C@@H](OC)[C@H]([B])O[C@@H]2COC)[C@@H](OC)[C@H]1OC. The zero-order chi connectivity index (χ0) is 20.2. The van der Waals surface area contributed by atoms with E-state index in [0.717, 1.165) is 0 Å². The fourth-order valence-electron chi connectivity index (χ4n) is 3.25. The highest BCUT2D eigenvalue weighted by Gasteiger charge is 2.47. The Hall–Kier alpha value is 0.420. The van der Waals surface area contributed by atoms with Crippen LogP contribution in [0.1, 0.15) is 0 Å². The molecule has 0 bridgehead atoms. The highest BCUT2D eigenvalue weighted by Crippen LogP contribution is 2.48. The van der Waals surface area contributed by atoms with Gasteiger partial charge in [-0.15, -0.1) is 0 Å². The van der Waals surface area contributed by atoms with Crippen molar-refractivity contribution in [1.82, 2.24) is 0 Å². The third-order valence-corrected chi connectivity index (χ3v) is 6.06. The van der Waals surface area contributed by atoms with E-state index in [4.69, 9.17) is 65.0 Å². The van der Waals surface area contributed by atoms with Gasteiger partial charge in [0.15, 0.2) is 0 Å². The van der Waals surface area contributed by atoms with Crippen LogP contribution in [0.2, 0.25) is 0 Å². The van der Waals surface area contributed by atoms with Gasteiger partial charge in [0.25, 0.3) is 0 Å². The van der Waals surface area contributed by atoms with Gasteiger partial charge in [0.2, 0.25) is 0 Å². The van der Waals surface area contributed by atoms with Crippen molar-refractivity contribution in [3.8, 4) is 0 Å². The largest absolute Gasteiger partial charge is 0.382 e. The van der Waals surface area contributed by atoms with Gasteiger partial charge < -0.3 is 37.8 Å². The van der Waals surface area contributed by atoms with E-state index in [-0.39, 0.29) is 13.2 Å². The maximum Gasteiger partial charge on any atom is 0.325 e. The molecule has 2 aliphatic rings. The molecule has 0 aromatic rings. The number of hydrogen-bond acceptors (Lipinski definition) is 9. The van der Waals surface area contributed by atoms with Crippen LogP contribution in [0.25, 0.3) is 0 Å². The van der Waals surface area contributed by atoms with Crippen molar-refractivity contribution in [1.29, 1.82) is 0 Å². The van der Waals surface area contributed by atoms with Crippen molar-refractivity contribution < 1.29 is 42.4 Å². The van der Waals surface area contributed by atoms with E-state index in [2.05, 4.69) is 0 Å². The molecule has 3 unspecified atom stereocenters. The third-order valence-electron chi connectivity index (χ3n) is 4.50. The minimum atomic E-state index is -3.67. The zero-order valence-corrected chi connectivity index (χ0v) is 17.5. The van der Waals surface area contributed by atoms with Gasteiger partial charge in [-0.1, -0.05) is 0 Å². The topological polar surface area (TPSA) is 94.1 Å². The molecule has 2 saturated heterocycles. The Morgan fingerprint density at radius 2 is 1.33 bits per heavy atom. The highest BCUT2D eigenvalue weighted by atomic mass is 32.5. The maximum absolute atomic E-state index is 10.5. The summed E-state index contributed by atoms with van der Waals surface area (Å²) in [6.45, 7) is -3.57. The summed E-state index contributed by atoms with van der Waals surface area (Å²) in [7, 11) is 17.7. The minimum absolute atomic E-state index is 0.0912. The van der Waals surface area contributed by atoms with Gasteiger partial charge in [-0.05, 0) is 11.8 Å². The molecule has 4 radical (unpaired) electrons. The minimum Gasteiger partial charge on any atom is -0.382 e. The molecule has 2 heterocycles. The van der Waals surface area contributed by atoms with Crippen LogP contribution in [-0.2, 0) is 49.3 Å². The molecule has 0 spiro atoms. The van der Waals surface area contributed by atoms with Gasteiger partial charge in [-0.3, -0.25) is 4.52 Å². The van der Waals surface area contributed by atoms with Crippen LogP contribution < -0.4 is 0 Å². The van der Waals surface area contributed by atoms with E-state index >= 15 is 0 Å². The average molecular weight is 422 g/mol. The molecule has 2 fully saturated rings. The Kier molecular flexibility index (Phi) is 9.17. The van der Waals surface area contributed by atoms with Crippen LogP contribution in [0, 0.1) is 0 Å². The molecule has 0 aromatic heterocycles. The lowest BCUT2D eigenvalue weighted by atomic mass is 9.93. The second kappa shape index (κ2) is 10.4.